The molecule has 0 bridgehead atoms. The first-order chi connectivity index (χ1) is 5.68. The van der Waals surface area contributed by atoms with E-state index in [1.807, 2.05) is 11.8 Å². The van der Waals surface area contributed by atoms with Crippen molar-refractivity contribution >= 4 is 27.7 Å². The van der Waals surface area contributed by atoms with Gasteiger partial charge in [-0.2, -0.15) is 0 Å². The van der Waals surface area contributed by atoms with E-state index in [4.69, 9.17) is 0 Å². The highest BCUT2D eigenvalue weighted by Gasteiger charge is 2.27. The van der Waals surface area contributed by atoms with E-state index < -0.39 is 0 Å². The molecule has 1 aliphatic rings. The Hall–Kier alpha value is 0.0500. The van der Waals surface area contributed by atoms with Crippen molar-refractivity contribution in [2.24, 2.45) is 0 Å². The molecule has 2 heteroatoms. The molecular formula is C10H11BrS. The van der Waals surface area contributed by atoms with Crippen molar-refractivity contribution in [2.45, 2.75) is 28.8 Å². The maximum atomic E-state index is 3.72. The molecule has 0 spiro atoms. The van der Waals surface area contributed by atoms with Gasteiger partial charge in [0, 0.05) is 10.1 Å². The molecule has 0 nitrogen and oxygen atoms in total. The highest BCUT2D eigenvalue weighted by Crippen LogP contribution is 2.48. The summed E-state index contributed by atoms with van der Waals surface area (Å²) in [5, 5.41) is 0.668. The Morgan fingerprint density at radius 3 is 2.92 bits per heavy atom. The van der Waals surface area contributed by atoms with Gasteiger partial charge in [0.05, 0.1) is 4.83 Å². The molecule has 0 aliphatic carbocycles. The van der Waals surface area contributed by atoms with Gasteiger partial charge >= 0.3 is 0 Å². The Balaban J connectivity index is 2.48. The van der Waals surface area contributed by atoms with E-state index in [2.05, 4.69) is 48.0 Å². The third kappa shape index (κ3) is 1.31. The van der Waals surface area contributed by atoms with E-state index >= 15 is 0 Å². The minimum Gasteiger partial charge on any atom is -0.121 e. The van der Waals surface area contributed by atoms with Gasteiger partial charge in [0.1, 0.15) is 0 Å². The number of hydrogen-bond donors (Lipinski definition) is 0. The fraction of sp³-hybridized carbons (Fsp3) is 0.400. The molecule has 0 fully saturated rings. The average molecular weight is 243 g/mol. The summed E-state index contributed by atoms with van der Waals surface area (Å²) in [4.78, 5) is 1.98. The predicted octanol–water partition coefficient (Wildman–Crippen LogP) is 3.93. The van der Waals surface area contributed by atoms with Crippen LogP contribution in [0.3, 0.4) is 0 Å². The van der Waals surface area contributed by atoms with Gasteiger partial charge in [-0.15, -0.1) is 11.8 Å². The first kappa shape index (κ1) is 8.64. The van der Waals surface area contributed by atoms with Crippen LogP contribution in [0.4, 0.5) is 0 Å². The molecule has 0 saturated heterocycles. The lowest BCUT2D eigenvalue weighted by atomic mass is 10.1. The summed E-state index contributed by atoms with van der Waals surface area (Å²) in [6, 6.07) is 6.70. The third-order valence-electron chi connectivity index (χ3n) is 2.19. The first-order valence-electron chi connectivity index (χ1n) is 4.10. The summed E-state index contributed by atoms with van der Waals surface area (Å²) in [5.41, 5.74) is 2.82. The maximum absolute atomic E-state index is 3.72. The van der Waals surface area contributed by atoms with Gasteiger partial charge in [-0.05, 0) is 18.6 Å². The molecule has 1 heterocycles. The SMILES string of the molecule is Cc1ccc2c(c1)C(Br)C(C)S2. The summed E-state index contributed by atoms with van der Waals surface area (Å²) in [6.07, 6.45) is 0. The first-order valence-corrected chi connectivity index (χ1v) is 5.89. The second kappa shape index (κ2) is 3.08. The number of benzene rings is 1. The lowest BCUT2D eigenvalue weighted by Crippen LogP contribution is -1.96. The van der Waals surface area contributed by atoms with Crippen LogP contribution in [0, 0.1) is 6.92 Å². The summed E-state index contributed by atoms with van der Waals surface area (Å²) < 4.78 is 0. The van der Waals surface area contributed by atoms with Crippen LogP contribution in [0.5, 0.6) is 0 Å². The van der Waals surface area contributed by atoms with Crippen LogP contribution in [0.1, 0.15) is 22.9 Å². The number of rotatable bonds is 0. The van der Waals surface area contributed by atoms with E-state index in [9.17, 15) is 0 Å². The molecule has 1 aromatic rings. The second-order valence-corrected chi connectivity index (χ2v) is 5.67. The van der Waals surface area contributed by atoms with Crippen LogP contribution in [0.2, 0.25) is 0 Å². The zero-order chi connectivity index (χ0) is 8.72. The Morgan fingerprint density at radius 2 is 2.17 bits per heavy atom. The van der Waals surface area contributed by atoms with Crippen molar-refractivity contribution in [3.8, 4) is 0 Å². The van der Waals surface area contributed by atoms with Crippen molar-refractivity contribution in [1.82, 2.24) is 0 Å². The molecule has 0 amide bonds. The molecule has 2 atom stereocenters. The Morgan fingerprint density at radius 1 is 1.42 bits per heavy atom. The molecule has 2 unspecified atom stereocenters. The van der Waals surface area contributed by atoms with E-state index in [1.54, 1.807) is 0 Å². The van der Waals surface area contributed by atoms with Crippen LogP contribution < -0.4 is 0 Å². The van der Waals surface area contributed by atoms with Crippen molar-refractivity contribution < 1.29 is 0 Å². The fourth-order valence-corrected chi connectivity index (χ4v) is 3.49. The van der Waals surface area contributed by atoms with Crippen molar-refractivity contribution in [3.63, 3.8) is 0 Å². The fourth-order valence-electron chi connectivity index (χ4n) is 1.50. The largest absolute Gasteiger partial charge is 0.121 e. The molecule has 2 rings (SSSR count). The van der Waals surface area contributed by atoms with Gasteiger partial charge in [-0.3, -0.25) is 0 Å². The molecule has 0 N–H and O–H groups in total. The van der Waals surface area contributed by atoms with E-state index in [1.165, 1.54) is 16.0 Å². The Kier molecular flexibility index (Phi) is 2.21. The molecule has 64 valence electrons. The minimum absolute atomic E-state index is 0.539. The summed E-state index contributed by atoms with van der Waals surface area (Å²) in [6.45, 7) is 4.41. The Bertz CT molecular complexity index is 309. The highest BCUT2D eigenvalue weighted by molar-refractivity contribution is 9.09. The number of alkyl halides is 1. The van der Waals surface area contributed by atoms with Gasteiger partial charge in [0.25, 0.3) is 0 Å². The smallest absolute Gasteiger partial charge is 0.0525 e. The zero-order valence-electron chi connectivity index (χ0n) is 7.17. The lowest BCUT2D eigenvalue weighted by molar-refractivity contribution is 0.946. The number of thioether (sulfide) groups is 1. The van der Waals surface area contributed by atoms with Gasteiger partial charge in [-0.1, -0.05) is 40.5 Å². The molecule has 1 aliphatic heterocycles. The van der Waals surface area contributed by atoms with Gasteiger partial charge in [0.2, 0.25) is 0 Å². The van der Waals surface area contributed by atoms with Crippen LogP contribution in [0.15, 0.2) is 23.1 Å². The summed E-state index contributed by atoms with van der Waals surface area (Å²) >= 11 is 5.68. The van der Waals surface area contributed by atoms with Crippen LogP contribution >= 0.6 is 27.7 Å². The normalized spacial score (nSPS) is 27.2. The summed E-state index contributed by atoms with van der Waals surface area (Å²) in [5.74, 6) is 0. The van der Waals surface area contributed by atoms with E-state index in [-0.39, 0.29) is 0 Å². The molecule has 0 radical (unpaired) electrons. The average Bonchev–Trinajstić information content (AvgIpc) is 2.31. The molecular weight excluding hydrogens is 232 g/mol. The summed E-state index contributed by atoms with van der Waals surface area (Å²) in [7, 11) is 0. The van der Waals surface area contributed by atoms with Gasteiger partial charge in [-0.25, -0.2) is 0 Å². The van der Waals surface area contributed by atoms with Crippen LogP contribution in [-0.2, 0) is 0 Å². The van der Waals surface area contributed by atoms with Crippen molar-refractivity contribution in [3.05, 3.63) is 29.3 Å². The number of halogens is 1. The molecule has 0 aromatic heterocycles. The van der Waals surface area contributed by atoms with Crippen molar-refractivity contribution in [2.75, 3.05) is 0 Å². The third-order valence-corrected chi connectivity index (χ3v) is 5.09. The lowest BCUT2D eigenvalue weighted by Gasteiger charge is -2.05. The maximum Gasteiger partial charge on any atom is 0.0525 e. The van der Waals surface area contributed by atoms with Gasteiger partial charge in [0.15, 0.2) is 0 Å². The van der Waals surface area contributed by atoms with Crippen LogP contribution in [0.25, 0.3) is 0 Å². The van der Waals surface area contributed by atoms with E-state index in [0.717, 1.165) is 0 Å². The molecule has 12 heavy (non-hydrogen) atoms. The van der Waals surface area contributed by atoms with Gasteiger partial charge < -0.3 is 0 Å². The highest BCUT2D eigenvalue weighted by atomic mass is 79.9. The molecule has 0 saturated carbocycles. The van der Waals surface area contributed by atoms with Crippen LogP contribution in [-0.4, -0.2) is 5.25 Å². The number of aryl methyl sites for hydroxylation is 1. The van der Waals surface area contributed by atoms with Crippen molar-refractivity contribution in [1.29, 1.82) is 0 Å². The van der Waals surface area contributed by atoms with E-state index in [0.29, 0.717) is 10.1 Å². The topological polar surface area (TPSA) is 0 Å². The zero-order valence-corrected chi connectivity index (χ0v) is 9.58. The minimum atomic E-state index is 0.539. The Labute approximate surface area is 85.9 Å². The predicted molar refractivity (Wildman–Crippen MR) is 58.2 cm³/mol. The number of hydrogen-bond acceptors (Lipinski definition) is 1. The monoisotopic (exact) mass is 242 g/mol. The quantitative estimate of drug-likeness (QED) is 0.622. The number of fused-ring (bicyclic) bond motifs is 1. The standard InChI is InChI=1S/C10H11BrS/c1-6-3-4-9-8(5-6)10(11)7(2)12-9/h3-5,7,10H,1-2H3. The second-order valence-electron chi connectivity index (χ2n) is 3.27. The molecule has 1 aromatic carbocycles.